The lowest BCUT2D eigenvalue weighted by Gasteiger charge is -2.32. The maximum atomic E-state index is 12.1. The first-order valence-electron chi connectivity index (χ1n) is 6.61. The second-order valence-corrected chi connectivity index (χ2v) is 5.05. The quantitative estimate of drug-likeness (QED) is 0.783. The van der Waals surface area contributed by atoms with Crippen LogP contribution < -0.4 is 5.32 Å². The topological polar surface area (TPSA) is 62.3 Å². The molecule has 1 N–H and O–H groups in total. The number of aryl methyl sites for hydroxylation is 1. The van der Waals surface area contributed by atoms with E-state index in [0.29, 0.717) is 12.2 Å². The Bertz CT molecular complexity index is 487. The molecule has 1 aliphatic rings. The summed E-state index contributed by atoms with van der Waals surface area (Å²) < 4.78 is 0. The zero-order chi connectivity index (χ0) is 13.8. The fraction of sp³-hybridized carbons (Fsp3) is 0.500. The number of piperidine rings is 1. The highest BCUT2D eigenvalue weighted by molar-refractivity contribution is 6.39. The van der Waals surface area contributed by atoms with Gasteiger partial charge in [0.2, 0.25) is 0 Å². The number of nitrogens with zero attached hydrogens (tertiary/aromatic N) is 2. The average molecular weight is 261 g/mol. The third kappa shape index (κ3) is 3.30. The molecule has 0 spiro atoms. The number of carbonyl (C=O) groups excluding carboxylic acids is 2. The Hall–Kier alpha value is -1.91. The summed E-state index contributed by atoms with van der Waals surface area (Å²) in [6.45, 7) is 4.54. The van der Waals surface area contributed by atoms with Crippen molar-refractivity contribution in [2.24, 2.45) is 0 Å². The normalized spacial score (nSPS) is 19.1. The minimum atomic E-state index is -0.582. The second kappa shape index (κ2) is 5.82. The summed E-state index contributed by atoms with van der Waals surface area (Å²) in [4.78, 5) is 29.7. The van der Waals surface area contributed by atoms with Crippen LogP contribution in [0, 0.1) is 6.92 Å². The lowest BCUT2D eigenvalue weighted by molar-refractivity contribution is -0.145. The van der Waals surface area contributed by atoms with Crippen LogP contribution in [-0.2, 0) is 9.59 Å². The smallest absolute Gasteiger partial charge is 0.313 e. The molecule has 5 nitrogen and oxygen atoms in total. The summed E-state index contributed by atoms with van der Waals surface area (Å²) in [6, 6.07) is 1.93. The average Bonchev–Trinajstić information content (AvgIpc) is 2.38. The van der Waals surface area contributed by atoms with Gasteiger partial charge in [-0.05, 0) is 44.7 Å². The summed E-state index contributed by atoms with van der Waals surface area (Å²) in [6.07, 6.45) is 6.29. The van der Waals surface area contributed by atoms with E-state index in [1.165, 1.54) is 6.20 Å². The van der Waals surface area contributed by atoms with E-state index in [0.717, 1.165) is 24.8 Å². The Morgan fingerprint density at radius 3 is 2.84 bits per heavy atom. The Labute approximate surface area is 113 Å². The zero-order valence-corrected chi connectivity index (χ0v) is 11.3. The highest BCUT2D eigenvalue weighted by atomic mass is 16.2. The standard InChI is InChI=1S/C14H19N3O2/c1-10-7-12(9-15-8-10)16-13(18)14(19)17-6-4-3-5-11(17)2/h7-9,11H,3-6H2,1-2H3,(H,16,18). The fourth-order valence-electron chi connectivity index (χ4n) is 2.34. The molecule has 1 aliphatic heterocycles. The summed E-state index contributed by atoms with van der Waals surface area (Å²) in [5.41, 5.74) is 1.50. The minimum absolute atomic E-state index is 0.141. The van der Waals surface area contributed by atoms with Crippen molar-refractivity contribution in [3.8, 4) is 0 Å². The number of pyridine rings is 1. The molecular weight excluding hydrogens is 242 g/mol. The first-order chi connectivity index (χ1) is 9.08. The van der Waals surface area contributed by atoms with Crippen molar-refractivity contribution in [3.05, 3.63) is 24.0 Å². The summed E-state index contributed by atoms with van der Waals surface area (Å²) in [7, 11) is 0. The highest BCUT2D eigenvalue weighted by Crippen LogP contribution is 2.17. The van der Waals surface area contributed by atoms with Crippen LogP contribution >= 0.6 is 0 Å². The highest BCUT2D eigenvalue weighted by Gasteiger charge is 2.28. The van der Waals surface area contributed by atoms with Crippen LogP contribution in [0.25, 0.3) is 0 Å². The van der Waals surface area contributed by atoms with E-state index in [1.54, 1.807) is 17.2 Å². The van der Waals surface area contributed by atoms with Gasteiger partial charge < -0.3 is 10.2 Å². The lowest BCUT2D eigenvalue weighted by atomic mass is 10.0. The van der Waals surface area contributed by atoms with Gasteiger partial charge in [-0.3, -0.25) is 14.6 Å². The van der Waals surface area contributed by atoms with Gasteiger partial charge >= 0.3 is 11.8 Å². The molecular formula is C14H19N3O2. The van der Waals surface area contributed by atoms with E-state index in [9.17, 15) is 9.59 Å². The number of hydrogen-bond donors (Lipinski definition) is 1. The van der Waals surface area contributed by atoms with Crippen molar-refractivity contribution >= 4 is 17.5 Å². The van der Waals surface area contributed by atoms with Crippen molar-refractivity contribution in [1.29, 1.82) is 0 Å². The molecule has 2 heterocycles. The van der Waals surface area contributed by atoms with E-state index < -0.39 is 11.8 Å². The van der Waals surface area contributed by atoms with Gasteiger partial charge in [0, 0.05) is 18.8 Å². The van der Waals surface area contributed by atoms with E-state index in [-0.39, 0.29) is 6.04 Å². The molecule has 1 aromatic heterocycles. The number of rotatable bonds is 1. The molecule has 1 unspecified atom stereocenters. The number of hydrogen-bond acceptors (Lipinski definition) is 3. The molecule has 1 fully saturated rings. The number of nitrogens with one attached hydrogen (secondary N) is 1. The molecule has 102 valence electrons. The molecule has 1 atom stereocenters. The number of likely N-dealkylation sites (tertiary alicyclic amines) is 1. The van der Waals surface area contributed by atoms with Gasteiger partial charge in [0.15, 0.2) is 0 Å². The first-order valence-corrected chi connectivity index (χ1v) is 6.61. The largest absolute Gasteiger partial charge is 0.332 e. The van der Waals surface area contributed by atoms with Gasteiger partial charge in [-0.2, -0.15) is 0 Å². The molecule has 19 heavy (non-hydrogen) atoms. The van der Waals surface area contributed by atoms with E-state index in [1.807, 2.05) is 13.8 Å². The predicted octanol–water partition coefficient (Wildman–Crippen LogP) is 1.73. The Balaban J connectivity index is 2.01. The van der Waals surface area contributed by atoms with Crippen molar-refractivity contribution in [2.45, 2.75) is 39.2 Å². The van der Waals surface area contributed by atoms with Gasteiger partial charge in [0.05, 0.1) is 11.9 Å². The minimum Gasteiger partial charge on any atom is -0.332 e. The molecule has 2 amide bonds. The third-order valence-corrected chi connectivity index (χ3v) is 3.39. The van der Waals surface area contributed by atoms with Crippen LogP contribution in [0.15, 0.2) is 18.5 Å². The number of anilines is 1. The van der Waals surface area contributed by atoms with Crippen LogP contribution in [0.3, 0.4) is 0 Å². The van der Waals surface area contributed by atoms with Crippen molar-refractivity contribution < 1.29 is 9.59 Å². The Morgan fingerprint density at radius 1 is 1.37 bits per heavy atom. The maximum Gasteiger partial charge on any atom is 0.313 e. The molecule has 2 rings (SSSR count). The van der Waals surface area contributed by atoms with Crippen LogP contribution in [0.1, 0.15) is 31.7 Å². The summed E-state index contributed by atoms with van der Waals surface area (Å²) in [5.74, 6) is -1.03. The van der Waals surface area contributed by atoms with Gasteiger partial charge in [0.1, 0.15) is 0 Å². The predicted molar refractivity (Wildman–Crippen MR) is 72.6 cm³/mol. The molecule has 0 aromatic carbocycles. The van der Waals surface area contributed by atoms with Crippen LogP contribution in [0.2, 0.25) is 0 Å². The first kappa shape index (κ1) is 13.5. The van der Waals surface area contributed by atoms with Crippen molar-refractivity contribution in [2.75, 3.05) is 11.9 Å². The van der Waals surface area contributed by atoms with E-state index in [4.69, 9.17) is 0 Å². The monoisotopic (exact) mass is 261 g/mol. The van der Waals surface area contributed by atoms with Crippen LogP contribution in [0.5, 0.6) is 0 Å². The SMILES string of the molecule is Cc1cncc(NC(=O)C(=O)N2CCCCC2C)c1. The second-order valence-electron chi connectivity index (χ2n) is 5.05. The van der Waals surface area contributed by atoms with Gasteiger partial charge in [-0.15, -0.1) is 0 Å². The summed E-state index contributed by atoms with van der Waals surface area (Å²) >= 11 is 0. The van der Waals surface area contributed by atoms with Crippen LogP contribution in [-0.4, -0.2) is 34.3 Å². The van der Waals surface area contributed by atoms with Crippen molar-refractivity contribution in [1.82, 2.24) is 9.88 Å². The number of amides is 2. The van der Waals surface area contributed by atoms with Gasteiger partial charge in [-0.1, -0.05) is 0 Å². The molecule has 1 aromatic rings. The van der Waals surface area contributed by atoms with Crippen LogP contribution in [0.4, 0.5) is 5.69 Å². The van der Waals surface area contributed by atoms with Gasteiger partial charge in [-0.25, -0.2) is 0 Å². The Kier molecular flexibility index (Phi) is 4.14. The molecule has 0 saturated carbocycles. The molecule has 0 radical (unpaired) electrons. The fourth-order valence-corrected chi connectivity index (χ4v) is 2.34. The third-order valence-electron chi connectivity index (χ3n) is 3.39. The molecule has 0 bridgehead atoms. The van der Waals surface area contributed by atoms with E-state index in [2.05, 4.69) is 10.3 Å². The lowest BCUT2D eigenvalue weighted by Crippen LogP contribution is -2.47. The van der Waals surface area contributed by atoms with Gasteiger partial charge in [0.25, 0.3) is 0 Å². The zero-order valence-electron chi connectivity index (χ0n) is 11.3. The molecule has 1 saturated heterocycles. The van der Waals surface area contributed by atoms with E-state index >= 15 is 0 Å². The summed E-state index contributed by atoms with van der Waals surface area (Å²) in [5, 5.41) is 2.61. The molecule has 0 aliphatic carbocycles. The molecule has 5 heteroatoms. The van der Waals surface area contributed by atoms with Crippen molar-refractivity contribution in [3.63, 3.8) is 0 Å². The Morgan fingerprint density at radius 2 is 2.16 bits per heavy atom. The number of aromatic nitrogens is 1. The maximum absolute atomic E-state index is 12.1. The number of carbonyl (C=O) groups is 2.